The van der Waals surface area contributed by atoms with Gasteiger partial charge in [-0.3, -0.25) is 0 Å². The molecule has 2 unspecified atom stereocenters. The number of hydrogen-bond acceptors (Lipinski definition) is 2. The van der Waals surface area contributed by atoms with Crippen LogP contribution in [0, 0.1) is 5.92 Å². The summed E-state index contributed by atoms with van der Waals surface area (Å²) in [4.78, 5) is 14.1. The molecule has 0 aliphatic rings. The molecule has 0 aromatic rings. The predicted octanol–water partition coefficient (Wildman–Crippen LogP) is -0.465. The number of nitrogens with two attached hydrogens (primary N) is 2. The van der Waals surface area contributed by atoms with Crippen molar-refractivity contribution < 1.29 is 9.90 Å². The van der Waals surface area contributed by atoms with E-state index in [4.69, 9.17) is 16.6 Å². The lowest BCUT2D eigenvalue weighted by Gasteiger charge is -2.11. The van der Waals surface area contributed by atoms with Crippen molar-refractivity contribution in [2.24, 2.45) is 22.4 Å². The second-order valence-corrected chi connectivity index (χ2v) is 2.43. The Morgan fingerprint density at radius 2 is 2.17 bits per heavy atom. The Bertz CT molecular complexity index is 209. The largest absolute Gasteiger partial charge is 0.480 e. The minimum Gasteiger partial charge on any atom is -0.480 e. The van der Waals surface area contributed by atoms with Crippen LogP contribution in [0.2, 0.25) is 0 Å². The van der Waals surface area contributed by atoms with Crippen molar-refractivity contribution in [2.45, 2.75) is 13.0 Å². The van der Waals surface area contributed by atoms with Gasteiger partial charge in [0.2, 0.25) is 0 Å². The van der Waals surface area contributed by atoms with Gasteiger partial charge in [0.05, 0.1) is 0 Å². The summed E-state index contributed by atoms with van der Waals surface area (Å²) in [5, 5.41) is 8.66. The van der Waals surface area contributed by atoms with Gasteiger partial charge in [-0.25, -0.2) is 9.79 Å². The Morgan fingerprint density at radius 1 is 1.67 bits per heavy atom. The third-order valence-corrected chi connectivity index (χ3v) is 1.41. The van der Waals surface area contributed by atoms with Gasteiger partial charge in [0.25, 0.3) is 0 Å². The maximum absolute atomic E-state index is 10.6. The molecule has 5 heteroatoms. The second-order valence-electron chi connectivity index (χ2n) is 2.43. The number of nitrogens with zero attached hydrogens (tertiary/aromatic N) is 1. The molecular weight excluding hydrogens is 158 g/mol. The van der Waals surface area contributed by atoms with Crippen molar-refractivity contribution in [3.05, 3.63) is 12.7 Å². The summed E-state index contributed by atoms with van der Waals surface area (Å²) < 4.78 is 0. The molecule has 0 radical (unpaired) electrons. The van der Waals surface area contributed by atoms with Gasteiger partial charge in [0, 0.05) is 5.92 Å². The molecule has 5 nitrogen and oxygen atoms in total. The molecule has 5 N–H and O–H groups in total. The van der Waals surface area contributed by atoms with E-state index < -0.39 is 12.0 Å². The molecule has 0 rings (SSSR count). The summed E-state index contributed by atoms with van der Waals surface area (Å²) >= 11 is 0. The van der Waals surface area contributed by atoms with Crippen molar-refractivity contribution in [1.82, 2.24) is 0 Å². The molecule has 0 aromatic carbocycles. The van der Waals surface area contributed by atoms with Gasteiger partial charge in [-0.15, -0.1) is 6.58 Å². The van der Waals surface area contributed by atoms with Crippen LogP contribution >= 0.6 is 0 Å². The Hall–Kier alpha value is -1.52. The molecule has 12 heavy (non-hydrogen) atoms. The summed E-state index contributed by atoms with van der Waals surface area (Å²) in [6.45, 7) is 5.14. The summed E-state index contributed by atoms with van der Waals surface area (Å²) in [5.74, 6) is -1.57. The maximum Gasteiger partial charge on any atom is 0.329 e. The van der Waals surface area contributed by atoms with E-state index in [1.165, 1.54) is 6.08 Å². The van der Waals surface area contributed by atoms with E-state index in [9.17, 15) is 4.79 Å². The lowest BCUT2D eigenvalue weighted by Crippen LogP contribution is -2.32. The molecule has 0 spiro atoms. The molecule has 0 aromatic heterocycles. The van der Waals surface area contributed by atoms with E-state index in [0.717, 1.165) is 0 Å². The molecule has 0 heterocycles. The van der Waals surface area contributed by atoms with Gasteiger partial charge in [-0.05, 0) is 0 Å². The fraction of sp³-hybridized carbons (Fsp3) is 0.429. The number of aliphatic imine (C=N–C) groups is 1. The topological polar surface area (TPSA) is 102 Å². The monoisotopic (exact) mass is 171 g/mol. The fourth-order valence-electron chi connectivity index (χ4n) is 0.687. The highest BCUT2D eigenvalue weighted by Gasteiger charge is 2.21. The lowest BCUT2D eigenvalue weighted by atomic mass is 10.0. The zero-order valence-corrected chi connectivity index (χ0v) is 6.90. The highest BCUT2D eigenvalue weighted by Crippen LogP contribution is 2.07. The van der Waals surface area contributed by atoms with E-state index in [2.05, 4.69) is 11.6 Å². The molecule has 0 aliphatic carbocycles. The minimum absolute atomic E-state index is 0.226. The summed E-state index contributed by atoms with van der Waals surface area (Å²) in [6.07, 6.45) is 1.49. The van der Waals surface area contributed by atoms with Gasteiger partial charge in [0.15, 0.2) is 12.0 Å². The van der Waals surface area contributed by atoms with Crippen LogP contribution in [0.1, 0.15) is 6.92 Å². The van der Waals surface area contributed by atoms with Gasteiger partial charge in [0.1, 0.15) is 0 Å². The van der Waals surface area contributed by atoms with E-state index in [-0.39, 0.29) is 11.9 Å². The van der Waals surface area contributed by atoms with Crippen LogP contribution in [0.5, 0.6) is 0 Å². The molecule has 0 saturated heterocycles. The molecule has 0 saturated carbocycles. The minimum atomic E-state index is -1.06. The van der Waals surface area contributed by atoms with Crippen LogP contribution in [-0.4, -0.2) is 23.1 Å². The summed E-state index contributed by atoms with van der Waals surface area (Å²) in [7, 11) is 0. The third kappa shape index (κ3) is 3.05. The molecular formula is C7H13N3O2. The van der Waals surface area contributed by atoms with Crippen molar-refractivity contribution in [3.63, 3.8) is 0 Å². The number of carboxylic acid groups (broad SMARTS) is 1. The number of carbonyl (C=O) groups is 1. The average molecular weight is 171 g/mol. The fourth-order valence-corrected chi connectivity index (χ4v) is 0.687. The van der Waals surface area contributed by atoms with Crippen LogP contribution in [0.4, 0.5) is 0 Å². The van der Waals surface area contributed by atoms with Gasteiger partial charge < -0.3 is 16.6 Å². The van der Waals surface area contributed by atoms with Gasteiger partial charge in [-0.1, -0.05) is 13.0 Å². The van der Waals surface area contributed by atoms with Crippen molar-refractivity contribution >= 4 is 11.9 Å². The number of aliphatic carboxylic acids is 1. The highest BCUT2D eigenvalue weighted by atomic mass is 16.4. The van der Waals surface area contributed by atoms with Crippen molar-refractivity contribution in [3.8, 4) is 0 Å². The first-order chi connectivity index (χ1) is 5.49. The van der Waals surface area contributed by atoms with Crippen molar-refractivity contribution in [1.29, 1.82) is 0 Å². The Kier molecular flexibility index (Phi) is 3.82. The van der Waals surface area contributed by atoms with Crippen LogP contribution in [-0.2, 0) is 4.79 Å². The average Bonchev–Trinajstić information content (AvgIpc) is 1.98. The van der Waals surface area contributed by atoms with Crippen LogP contribution in [0.15, 0.2) is 17.6 Å². The molecule has 0 aliphatic heterocycles. The zero-order valence-electron chi connectivity index (χ0n) is 6.90. The standard InChI is InChI=1S/C7H13N3O2/c1-3-4(2)5(6(11)12)10-7(8)9/h3-5H,1H2,2H3,(H,11,12)(H4,8,9,10). The second kappa shape index (κ2) is 4.38. The third-order valence-electron chi connectivity index (χ3n) is 1.41. The SMILES string of the molecule is C=CC(C)C(N=C(N)N)C(=O)O. The Labute approximate surface area is 70.8 Å². The Morgan fingerprint density at radius 3 is 2.42 bits per heavy atom. The van der Waals surface area contributed by atoms with E-state index in [0.29, 0.717) is 0 Å². The highest BCUT2D eigenvalue weighted by molar-refractivity contribution is 5.82. The van der Waals surface area contributed by atoms with Gasteiger partial charge >= 0.3 is 5.97 Å². The van der Waals surface area contributed by atoms with E-state index in [1.54, 1.807) is 6.92 Å². The van der Waals surface area contributed by atoms with Crippen molar-refractivity contribution in [2.75, 3.05) is 0 Å². The number of hydrogen-bond donors (Lipinski definition) is 3. The van der Waals surface area contributed by atoms with Gasteiger partial charge in [-0.2, -0.15) is 0 Å². The predicted molar refractivity (Wildman–Crippen MR) is 46.6 cm³/mol. The zero-order chi connectivity index (χ0) is 9.72. The van der Waals surface area contributed by atoms with Crippen LogP contribution in [0.3, 0.4) is 0 Å². The summed E-state index contributed by atoms with van der Waals surface area (Å²) in [5.41, 5.74) is 10.1. The number of rotatable bonds is 4. The van der Waals surface area contributed by atoms with E-state index >= 15 is 0 Å². The first-order valence-electron chi connectivity index (χ1n) is 3.43. The lowest BCUT2D eigenvalue weighted by molar-refractivity contribution is -0.139. The molecule has 0 bridgehead atoms. The maximum atomic E-state index is 10.6. The number of guanidine groups is 1. The van der Waals surface area contributed by atoms with Crippen LogP contribution < -0.4 is 11.5 Å². The first kappa shape index (κ1) is 10.5. The first-order valence-corrected chi connectivity index (χ1v) is 3.43. The van der Waals surface area contributed by atoms with Crippen LogP contribution in [0.25, 0.3) is 0 Å². The molecule has 0 amide bonds. The molecule has 2 atom stereocenters. The van der Waals surface area contributed by atoms with E-state index in [1.807, 2.05) is 0 Å². The molecule has 68 valence electrons. The smallest absolute Gasteiger partial charge is 0.329 e. The molecule has 0 fully saturated rings. The normalized spacial score (nSPS) is 14.4. The Balaban J connectivity index is 4.55. The number of carboxylic acids is 1. The quantitative estimate of drug-likeness (QED) is 0.302. The summed E-state index contributed by atoms with van der Waals surface area (Å²) in [6, 6.07) is -0.938.